The van der Waals surface area contributed by atoms with E-state index >= 15 is 0 Å². The van der Waals surface area contributed by atoms with Gasteiger partial charge in [-0.05, 0) is 24.5 Å². The Morgan fingerprint density at radius 3 is 2.28 bits per heavy atom. The molecule has 1 aliphatic rings. The monoisotopic (exact) mass is 332 g/mol. The molecule has 0 aromatic heterocycles. The van der Waals surface area contributed by atoms with Crippen molar-refractivity contribution in [3.63, 3.8) is 0 Å². The van der Waals surface area contributed by atoms with Crippen LogP contribution in [0, 0.1) is 0 Å². The van der Waals surface area contributed by atoms with Crippen LogP contribution in [0.15, 0.2) is 101 Å². The molecule has 0 bridgehead atoms. The quantitative estimate of drug-likeness (QED) is 0.544. The normalized spacial score (nSPS) is 14.3. The Balaban J connectivity index is 2.46. The molecule has 0 radical (unpaired) electrons. The zero-order valence-corrected chi connectivity index (χ0v) is 14.6. The first-order valence-electron chi connectivity index (χ1n) is 8.24. The van der Waals surface area contributed by atoms with E-state index in [1.807, 2.05) is 72.6 Å². The predicted molar refractivity (Wildman–Crippen MR) is 106 cm³/mol. The van der Waals surface area contributed by atoms with Crippen LogP contribution in [0.1, 0.15) is 6.92 Å². The highest BCUT2D eigenvalue weighted by Gasteiger charge is 2.12. The van der Waals surface area contributed by atoms with Crippen molar-refractivity contribution in [3.8, 4) is 0 Å². The van der Waals surface area contributed by atoms with Crippen LogP contribution < -0.4 is 0 Å². The van der Waals surface area contributed by atoms with Crippen LogP contribution in [0.2, 0.25) is 0 Å². The van der Waals surface area contributed by atoms with Gasteiger partial charge in [0.2, 0.25) is 0 Å². The second kappa shape index (κ2) is 14.6. The lowest BCUT2D eigenvalue weighted by Crippen LogP contribution is -2.29. The van der Waals surface area contributed by atoms with Gasteiger partial charge in [-0.25, -0.2) is 0 Å². The summed E-state index contributed by atoms with van der Waals surface area (Å²) in [6.45, 7) is 4.30. The summed E-state index contributed by atoms with van der Waals surface area (Å²) in [5.74, 6) is 0.825. The molecule has 0 unspecified atom stereocenters. The summed E-state index contributed by atoms with van der Waals surface area (Å²) in [6, 6.07) is 0. The van der Waals surface area contributed by atoms with Crippen LogP contribution in [0.3, 0.4) is 0 Å². The average Bonchev–Trinajstić information content (AvgIpc) is 3.06. The molecule has 0 aromatic carbocycles. The second-order valence-electron chi connectivity index (χ2n) is 4.87. The van der Waals surface area contributed by atoms with Crippen molar-refractivity contribution in [2.45, 2.75) is 6.92 Å². The molecule has 1 aliphatic heterocycles. The maximum Gasteiger partial charge on any atom is 0.132 e. The van der Waals surface area contributed by atoms with Crippen LogP contribution in [0.5, 0.6) is 0 Å². The Hall–Kier alpha value is -3.01. The summed E-state index contributed by atoms with van der Waals surface area (Å²) in [7, 11) is 0. The van der Waals surface area contributed by atoms with Gasteiger partial charge in [0, 0.05) is 19.2 Å². The highest BCUT2D eigenvalue weighted by Crippen LogP contribution is 2.01. The fourth-order valence-corrected chi connectivity index (χ4v) is 1.86. The number of hydrogen-bond donors (Lipinski definition) is 1. The van der Waals surface area contributed by atoms with Gasteiger partial charge in [-0.3, -0.25) is 4.99 Å². The molecule has 0 aromatic rings. The largest absolute Gasteiger partial charge is 0.395 e. The Kier molecular flexibility index (Phi) is 11.7. The highest BCUT2D eigenvalue weighted by molar-refractivity contribution is 5.93. The van der Waals surface area contributed by atoms with E-state index in [9.17, 15) is 0 Å². The van der Waals surface area contributed by atoms with Crippen molar-refractivity contribution in [2.24, 2.45) is 4.99 Å². The molecule has 1 rings (SSSR count). The van der Waals surface area contributed by atoms with Crippen molar-refractivity contribution in [2.75, 3.05) is 26.2 Å². The summed E-state index contributed by atoms with van der Waals surface area (Å²) in [5.41, 5.74) is 11.3. The molecule has 25 heavy (non-hydrogen) atoms. The fourth-order valence-electron chi connectivity index (χ4n) is 1.86. The Morgan fingerprint density at radius 2 is 1.60 bits per heavy atom. The van der Waals surface area contributed by atoms with E-state index in [1.54, 1.807) is 12.2 Å². The van der Waals surface area contributed by atoms with E-state index in [2.05, 4.69) is 27.9 Å². The minimum atomic E-state index is 0.124. The minimum Gasteiger partial charge on any atom is -0.395 e. The number of allylic oxidation sites excluding steroid dienone is 11. The first-order valence-corrected chi connectivity index (χ1v) is 8.24. The molecule has 3 heteroatoms. The number of aliphatic imine (C=N–C) groups is 1. The van der Waals surface area contributed by atoms with E-state index < -0.39 is 0 Å². The molecule has 3 nitrogen and oxygen atoms in total. The zero-order chi connectivity index (χ0) is 18.0. The first-order chi connectivity index (χ1) is 12.4. The maximum atomic E-state index is 8.96. The molecule has 0 spiro atoms. The van der Waals surface area contributed by atoms with Crippen LogP contribution >= 0.6 is 0 Å². The standard InChI is InChI=1S/C22H24N2O/c1-2-3-4-5-6-7-8-9-10-11-12-13-14-15-16-17-22-23-18-19-24(22)20-21-25/h2-12,17,25H,18-21H2,1H3. The lowest BCUT2D eigenvalue weighted by atomic mass is 10.3. The van der Waals surface area contributed by atoms with Crippen LogP contribution in [0.25, 0.3) is 0 Å². The zero-order valence-electron chi connectivity index (χ0n) is 14.6. The third-order valence-electron chi connectivity index (χ3n) is 3.01. The van der Waals surface area contributed by atoms with E-state index in [1.165, 1.54) is 0 Å². The van der Waals surface area contributed by atoms with Gasteiger partial charge >= 0.3 is 0 Å². The lowest BCUT2D eigenvalue weighted by Gasteiger charge is -2.15. The minimum absolute atomic E-state index is 0.124. The van der Waals surface area contributed by atoms with Crippen LogP contribution in [-0.4, -0.2) is 42.1 Å². The van der Waals surface area contributed by atoms with Gasteiger partial charge in [0.15, 0.2) is 0 Å². The third kappa shape index (κ3) is 10.4. The van der Waals surface area contributed by atoms with E-state index in [-0.39, 0.29) is 6.61 Å². The van der Waals surface area contributed by atoms with Crippen molar-refractivity contribution in [3.05, 3.63) is 95.8 Å². The summed E-state index contributed by atoms with van der Waals surface area (Å²) in [5, 5.41) is 8.96. The van der Waals surface area contributed by atoms with Crippen molar-refractivity contribution >= 4 is 5.84 Å². The number of rotatable bonds is 8. The van der Waals surface area contributed by atoms with Crippen LogP contribution in [0.4, 0.5) is 0 Å². The molecule has 128 valence electrons. The second-order valence-corrected chi connectivity index (χ2v) is 4.87. The van der Waals surface area contributed by atoms with Crippen molar-refractivity contribution in [1.82, 2.24) is 4.90 Å². The average molecular weight is 332 g/mol. The number of hydrogen-bond acceptors (Lipinski definition) is 3. The number of amidine groups is 1. The van der Waals surface area contributed by atoms with Gasteiger partial charge in [0.1, 0.15) is 5.84 Å². The van der Waals surface area contributed by atoms with Gasteiger partial charge in [-0.15, -0.1) is 0 Å². The van der Waals surface area contributed by atoms with E-state index in [0.29, 0.717) is 6.54 Å². The SMILES string of the molecule is CC=CC=CC=CC=CC=CC=C=C=C=C=CC1=NCCN1CCO. The molecule has 1 N–H and O–H groups in total. The number of aliphatic hydroxyl groups excluding tert-OH is 1. The Bertz CT molecular complexity index is 737. The van der Waals surface area contributed by atoms with Crippen LogP contribution in [-0.2, 0) is 0 Å². The number of β-amino-alcohol motifs (C(OH)–C–C–N with tert-alkyl or cyclic N) is 1. The summed E-state index contributed by atoms with van der Waals surface area (Å²) >= 11 is 0. The van der Waals surface area contributed by atoms with Gasteiger partial charge in [0.05, 0.1) is 13.2 Å². The predicted octanol–water partition coefficient (Wildman–Crippen LogP) is 3.67. The smallest absolute Gasteiger partial charge is 0.132 e. The van der Waals surface area contributed by atoms with Crippen molar-refractivity contribution in [1.29, 1.82) is 0 Å². The molecule has 1 heterocycles. The van der Waals surface area contributed by atoms with Gasteiger partial charge in [-0.1, -0.05) is 72.2 Å². The van der Waals surface area contributed by atoms with Gasteiger partial charge < -0.3 is 10.0 Å². The molecule has 0 fully saturated rings. The molecular weight excluding hydrogens is 308 g/mol. The third-order valence-corrected chi connectivity index (χ3v) is 3.01. The summed E-state index contributed by atoms with van der Waals surface area (Å²) in [6.07, 6.45) is 23.0. The van der Waals surface area contributed by atoms with E-state index in [4.69, 9.17) is 5.11 Å². The Morgan fingerprint density at radius 1 is 0.960 bits per heavy atom. The topological polar surface area (TPSA) is 35.8 Å². The first kappa shape index (κ1) is 20.0. The molecule has 0 saturated carbocycles. The van der Waals surface area contributed by atoms with Gasteiger partial charge in [-0.2, -0.15) is 0 Å². The summed E-state index contributed by atoms with van der Waals surface area (Å²) < 4.78 is 0. The van der Waals surface area contributed by atoms with E-state index in [0.717, 1.165) is 18.9 Å². The molecule has 0 aliphatic carbocycles. The lowest BCUT2D eigenvalue weighted by molar-refractivity contribution is 0.257. The number of aliphatic hydroxyl groups is 1. The highest BCUT2D eigenvalue weighted by atomic mass is 16.3. The Labute approximate surface area is 150 Å². The molecule has 0 saturated heterocycles. The fraction of sp³-hybridized carbons (Fsp3) is 0.227. The maximum absolute atomic E-state index is 8.96. The molecular formula is C22H24N2O. The summed E-state index contributed by atoms with van der Waals surface area (Å²) in [4.78, 5) is 6.33. The number of nitrogens with zero attached hydrogens (tertiary/aromatic N) is 2. The van der Waals surface area contributed by atoms with Crippen molar-refractivity contribution < 1.29 is 5.11 Å². The molecule has 0 amide bonds. The van der Waals surface area contributed by atoms with Gasteiger partial charge in [0.25, 0.3) is 0 Å². The molecule has 0 atom stereocenters.